The number of para-hydroxylation sites is 2. The number of nitrogens with one attached hydrogen (secondary N) is 1. The number of hydrogen-bond donors (Lipinski definition) is 1. The lowest BCUT2D eigenvalue weighted by Crippen LogP contribution is -2.38. The fourth-order valence-corrected chi connectivity index (χ4v) is 3.99. The van der Waals surface area contributed by atoms with Crippen LogP contribution in [-0.4, -0.2) is 57.3 Å². The second kappa shape index (κ2) is 10.9. The number of carbonyl (C=O) groups is 2. The standard InChI is InChI=1S/C25H29N3O6/c1-31-21-8-7-17(15-22(21)32-2)9-12-26-23(29)16-33-24(30)18-10-13-28(14-11-18)25-27-19-5-3-4-6-20(19)34-25/h3-8,15,18H,9-14,16H2,1-2H3,(H,26,29). The van der Waals surface area contributed by atoms with Gasteiger partial charge in [-0.3, -0.25) is 9.59 Å². The molecule has 1 aliphatic heterocycles. The fraction of sp³-hybridized carbons (Fsp3) is 0.400. The Kier molecular flexibility index (Phi) is 7.51. The van der Waals surface area contributed by atoms with Gasteiger partial charge in [0.2, 0.25) is 0 Å². The maximum Gasteiger partial charge on any atom is 0.309 e. The lowest BCUT2D eigenvalue weighted by molar-refractivity contribution is -0.153. The molecule has 1 amide bonds. The first-order chi connectivity index (χ1) is 16.6. The van der Waals surface area contributed by atoms with Crippen LogP contribution >= 0.6 is 0 Å². The highest BCUT2D eigenvalue weighted by Gasteiger charge is 2.28. The second-order valence-electron chi connectivity index (χ2n) is 8.12. The molecule has 9 nitrogen and oxygen atoms in total. The van der Waals surface area contributed by atoms with Crippen LogP contribution in [0.3, 0.4) is 0 Å². The van der Waals surface area contributed by atoms with E-state index in [1.807, 2.05) is 47.4 Å². The summed E-state index contributed by atoms with van der Waals surface area (Å²) in [5, 5.41) is 2.78. The number of oxazole rings is 1. The molecule has 0 spiro atoms. The van der Waals surface area contributed by atoms with E-state index in [9.17, 15) is 9.59 Å². The van der Waals surface area contributed by atoms with Gasteiger partial charge in [-0.25, -0.2) is 0 Å². The third kappa shape index (κ3) is 5.59. The summed E-state index contributed by atoms with van der Waals surface area (Å²) in [6, 6.07) is 13.8. The van der Waals surface area contributed by atoms with Crippen molar-refractivity contribution < 1.29 is 28.2 Å². The molecule has 0 atom stereocenters. The van der Waals surface area contributed by atoms with Crippen LogP contribution in [0.5, 0.6) is 11.5 Å². The molecule has 0 saturated carbocycles. The highest BCUT2D eigenvalue weighted by Crippen LogP contribution is 2.28. The topological polar surface area (TPSA) is 103 Å². The molecule has 1 N–H and O–H groups in total. The van der Waals surface area contributed by atoms with Crippen LogP contribution in [0.4, 0.5) is 6.01 Å². The number of amides is 1. The van der Waals surface area contributed by atoms with Gasteiger partial charge in [-0.2, -0.15) is 4.98 Å². The Morgan fingerprint density at radius 3 is 2.59 bits per heavy atom. The maximum atomic E-state index is 12.4. The number of esters is 1. The molecule has 1 saturated heterocycles. The molecule has 1 fully saturated rings. The zero-order valence-corrected chi connectivity index (χ0v) is 19.4. The van der Waals surface area contributed by atoms with E-state index in [1.165, 1.54) is 0 Å². The number of ether oxygens (including phenoxy) is 3. The Morgan fingerprint density at radius 1 is 1.09 bits per heavy atom. The van der Waals surface area contributed by atoms with E-state index < -0.39 is 0 Å². The summed E-state index contributed by atoms with van der Waals surface area (Å²) >= 11 is 0. The number of rotatable bonds is 9. The van der Waals surface area contributed by atoms with Crippen molar-refractivity contribution in [3.63, 3.8) is 0 Å². The predicted octanol–water partition coefficient (Wildman–Crippen LogP) is 2.96. The highest BCUT2D eigenvalue weighted by atomic mass is 16.5. The van der Waals surface area contributed by atoms with Crippen LogP contribution in [0.15, 0.2) is 46.9 Å². The number of fused-ring (bicyclic) bond motifs is 1. The predicted molar refractivity (Wildman–Crippen MR) is 126 cm³/mol. The minimum absolute atomic E-state index is 0.236. The maximum absolute atomic E-state index is 12.4. The van der Waals surface area contributed by atoms with Crippen molar-refractivity contribution in [2.45, 2.75) is 19.3 Å². The smallest absolute Gasteiger partial charge is 0.309 e. The molecule has 1 aliphatic rings. The summed E-state index contributed by atoms with van der Waals surface area (Å²) < 4.78 is 21.6. The molecule has 0 unspecified atom stereocenters. The van der Waals surface area contributed by atoms with Gasteiger partial charge in [0.1, 0.15) is 5.52 Å². The zero-order chi connectivity index (χ0) is 23.9. The SMILES string of the molecule is COc1ccc(CCNC(=O)COC(=O)C2CCN(c3nc4ccccc4o3)CC2)cc1OC. The third-order valence-electron chi connectivity index (χ3n) is 5.91. The number of methoxy groups -OCH3 is 2. The van der Waals surface area contributed by atoms with Gasteiger partial charge in [-0.05, 0) is 49.1 Å². The van der Waals surface area contributed by atoms with E-state index in [2.05, 4.69) is 10.3 Å². The summed E-state index contributed by atoms with van der Waals surface area (Å²) in [4.78, 5) is 31.1. The van der Waals surface area contributed by atoms with Crippen molar-refractivity contribution in [2.75, 3.05) is 45.4 Å². The number of hydrogen-bond acceptors (Lipinski definition) is 8. The number of nitrogens with zero attached hydrogens (tertiary/aromatic N) is 2. The number of benzene rings is 2. The molecular formula is C25H29N3O6. The summed E-state index contributed by atoms with van der Waals surface area (Å²) in [7, 11) is 3.16. The Labute approximate surface area is 198 Å². The van der Waals surface area contributed by atoms with Crippen molar-refractivity contribution in [3.05, 3.63) is 48.0 Å². The summed E-state index contributed by atoms with van der Waals surface area (Å²) in [5.41, 5.74) is 2.56. The molecule has 2 heterocycles. The van der Waals surface area contributed by atoms with Gasteiger partial charge in [0.25, 0.3) is 11.9 Å². The van der Waals surface area contributed by atoms with E-state index in [4.69, 9.17) is 18.6 Å². The van der Waals surface area contributed by atoms with E-state index in [1.54, 1.807) is 14.2 Å². The zero-order valence-electron chi connectivity index (χ0n) is 19.4. The minimum Gasteiger partial charge on any atom is -0.493 e. The van der Waals surface area contributed by atoms with Gasteiger partial charge in [-0.1, -0.05) is 18.2 Å². The first-order valence-corrected chi connectivity index (χ1v) is 11.3. The van der Waals surface area contributed by atoms with Crippen LogP contribution in [0.1, 0.15) is 18.4 Å². The molecule has 9 heteroatoms. The molecule has 4 rings (SSSR count). The average Bonchev–Trinajstić information content (AvgIpc) is 3.31. The first kappa shape index (κ1) is 23.4. The van der Waals surface area contributed by atoms with Gasteiger partial charge in [-0.15, -0.1) is 0 Å². The van der Waals surface area contributed by atoms with Crippen LogP contribution < -0.4 is 19.7 Å². The normalized spacial score (nSPS) is 14.1. The Balaban J connectivity index is 1.16. The molecule has 2 aromatic carbocycles. The molecule has 0 bridgehead atoms. The molecule has 0 aliphatic carbocycles. The van der Waals surface area contributed by atoms with Gasteiger partial charge >= 0.3 is 5.97 Å². The van der Waals surface area contributed by atoms with E-state index in [0.29, 0.717) is 56.4 Å². The lowest BCUT2D eigenvalue weighted by Gasteiger charge is -2.29. The van der Waals surface area contributed by atoms with Crippen molar-refractivity contribution in [2.24, 2.45) is 5.92 Å². The van der Waals surface area contributed by atoms with Crippen molar-refractivity contribution in [1.82, 2.24) is 10.3 Å². The number of carbonyl (C=O) groups excluding carboxylic acids is 2. The molecule has 3 aromatic rings. The van der Waals surface area contributed by atoms with Crippen LogP contribution in [0, 0.1) is 5.92 Å². The van der Waals surface area contributed by atoms with Gasteiger partial charge in [0.15, 0.2) is 23.7 Å². The molecular weight excluding hydrogens is 438 g/mol. The largest absolute Gasteiger partial charge is 0.493 e. The number of piperidine rings is 1. The van der Waals surface area contributed by atoms with Crippen molar-refractivity contribution in [1.29, 1.82) is 0 Å². The third-order valence-corrected chi connectivity index (χ3v) is 5.91. The first-order valence-electron chi connectivity index (χ1n) is 11.3. The molecule has 34 heavy (non-hydrogen) atoms. The second-order valence-corrected chi connectivity index (χ2v) is 8.12. The molecule has 180 valence electrons. The highest BCUT2D eigenvalue weighted by molar-refractivity contribution is 5.81. The van der Waals surface area contributed by atoms with Crippen molar-refractivity contribution in [3.8, 4) is 11.5 Å². The van der Waals surface area contributed by atoms with E-state index in [-0.39, 0.29) is 24.4 Å². The lowest BCUT2D eigenvalue weighted by atomic mass is 9.97. The van der Waals surface area contributed by atoms with Gasteiger partial charge < -0.3 is 28.8 Å². The Bertz CT molecular complexity index is 1100. The molecule has 1 aromatic heterocycles. The summed E-state index contributed by atoms with van der Waals surface area (Å²) in [6.45, 7) is 1.43. The van der Waals surface area contributed by atoms with Gasteiger partial charge in [0, 0.05) is 19.6 Å². The quantitative estimate of drug-likeness (QED) is 0.479. The summed E-state index contributed by atoms with van der Waals surface area (Å²) in [5.74, 6) is 0.398. The molecule has 0 radical (unpaired) electrons. The monoisotopic (exact) mass is 467 g/mol. The van der Waals surface area contributed by atoms with Crippen LogP contribution in [0.25, 0.3) is 11.1 Å². The van der Waals surface area contributed by atoms with E-state index in [0.717, 1.165) is 16.7 Å². The minimum atomic E-state index is -0.341. The number of aromatic nitrogens is 1. The van der Waals surface area contributed by atoms with E-state index >= 15 is 0 Å². The van der Waals surface area contributed by atoms with Crippen LogP contribution in [0.2, 0.25) is 0 Å². The van der Waals surface area contributed by atoms with Crippen molar-refractivity contribution >= 4 is 29.0 Å². The number of anilines is 1. The Morgan fingerprint density at radius 2 is 1.85 bits per heavy atom. The Hall–Kier alpha value is -3.75. The fourth-order valence-electron chi connectivity index (χ4n) is 3.99. The van der Waals surface area contributed by atoms with Gasteiger partial charge in [0.05, 0.1) is 20.1 Å². The average molecular weight is 468 g/mol. The summed E-state index contributed by atoms with van der Waals surface area (Å²) in [6.07, 6.45) is 1.87. The van der Waals surface area contributed by atoms with Crippen LogP contribution in [-0.2, 0) is 20.7 Å².